The third-order valence-corrected chi connectivity index (χ3v) is 4.82. The SMILES string of the molecule is CCn1nc(C)cc1C(=O)N=c1sc2cc(F)ccc2n1CCOC. The minimum Gasteiger partial charge on any atom is -0.383 e. The molecule has 1 amide bonds. The lowest BCUT2D eigenvalue weighted by molar-refractivity contribution is 0.0987. The van der Waals surface area contributed by atoms with Crippen LogP contribution in [0.4, 0.5) is 4.39 Å². The number of ether oxygens (including phenoxy) is 1. The van der Waals surface area contributed by atoms with Gasteiger partial charge < -0.3 is 9.30 Å². The summed E-state index contributed by atoms with van der Waals surface area (Å²) in [5.41, 5.74) is 2.04. The maximum atomic E-state index is 13.5. The molecule has 6 nitrogen and oxygen atoms in total. The fourth-order valence-electron chi connectivity index (χ4n) is 2.63. The van der Waals surface area contributed by atoms with Crippen molar-refractivity contribution in [3.63, 3.8) is 0 Å². The fraction of sp³-hybridized carbons (Fsp3) is 0.353. The van der Waals surface area contributed by atoms with E-state index >= 15 is 0 Å². The molecule has 3 rings (SSSR count). The van der Waals surface area contributed by atoms with Crippen molar-refractivity contribution in [3.8, 4) is 0 Å². The Morgan fingerprint density at radius 2 is 2.20 bits per heavy atom. The Labute approximate surface area is 148 Å². The second-order valence-electron chi connectivity index (χ2n) is 5.54. The summed E-state index contributed by atoms with van der Waals surface area (Å²) in [7, 11) is 1.61. The van der Waals surface area contributed by atoms with Crippen LogP contribution in [0.3, 0.4) is 0 Å². The zero-order chi connectivity index (χ0) is 18.0. The van der Waals surface area contributed by atoms with E-state index in [2.05, 4.69) is 10.1 Å². The second kappa shape index (κ2) is 7.28. The first-order chi connectivity index (χ1) is 12.0. The summed E-state index contributed by atoms with van der Waals surface area (Å²) in [5.74, 6) is -0.675. The number of carbonyl (C=O) groups excluding carboxylic acids is 1. The number of halogens is 1. The molecule has 0 saturated carbocycles. The third kappa shape index (κ3) is 3.54. The summed E-state index contributed by atoms with van der Waals surface area (Å²) in [6, 6.07) is 6.27. The number of aryl methyl sites for hydroxylation is 2. The Morgan fingerprint density at radius 1 is 1.40 bits per heavy atom. The molecule has 1 aromatic carbocycles. The summed E-state index contributed by atoms with van der Waals surface area (Å²) >= 11 is 1.28. The minimum atomic E-state index is -0.361. The van der Waals surface area contributed by atoms with E-state index in [1.807, 2.05) is 18.4 Å². The monoisotopic (exact) mass is 362 g/mol. The van der Waals surface area contributed by atoms with E-state index in [1.54, 1.807) is 23.9 Å². The number of hydrogen-bond acceptors (Lipinski definition) is 4. The van der Waals surface area contributed by atoms with E-state index in [-0.39, 0.29) is 11.7 Å². The molecule has 2 aromatic heterocycles. The van der Waals surface area contributed by atoms with Crippen molar-refractivity contribution in [1.82, 2.24) is 14.3 Å². The number of carbonyl (C=O) groups is 1. The van der Waals surface area contributed by atoms with Crippen LogP contribution in [0, 0.1) is 12.7 Å². The molecule has 132 valence electrons. The number of amides is 1. The van der Waals surface area contributed by atoms with Gasteiger partial charge in [0.2, 0.25) is 0 Å². The number of fused-ring (bicyclic) bond motifs is 1. The first-order valence-electron chi connectivity index (χ1n) is 7.94. The van der Waals surface area contributed by atoms with Crippen LogP contribution in [0.1, 0.15) is 23.1 Å². The van der Waals surface area contributed by atoms with Crippen molar-refractivity contribution >= 4 is 27.5 Å². The minimum absolute atomic E-state index is 0.315. The van der Waals surface area contributed by atoms with Gasteiger partial charge in [0.1, 0.15) is 11.5 Å². The van der Waals surface area contributed by atoms with Crippen molar-refractivity contribution < 1.29 is 13.9 Å². The quantitative estimate of drug-likeness (QED) is 0.701. The zero-order valence-corrected chi connectivity index (χ0v) is 15.1. The highest BCUT2D eigenvalue weighted by molar-refractivity contribution is 7.16. The van der Waals surface area contributed by atoms with Gasteiger partial charge in [0.15, 0.2) is 4.80 Å². The van der Waals surface area contributed by atoms with Crippen LogP contribution in [-0.4, -0.2) is 34.0 Å². The van der Waals surface area contributed by atoms with Gasteiger partial charge in [-0.3, -0.25) is 9.48 Å². The molecule has 2 heterocycles. The smallest absolute Gasteiger partial charge is 0.297 e. The highest BCUT2D eigenvalue weighted by Crippen LogP contribution is 2.19. The second-order valence-corrected chi connectivity index (χ2v) is 6.55. The highest BCUT2D eigenvalue weighted by Gasteiger charge is 2.14. The van der Waals surface area contributed by atoms with Gasteiger partial charge in [-0.15, -0.1) is 0 Å². The molecule has 0 aliphatic heterocycles. The molecular formula is C17H19FN4O2S. The number of rotatable bonds is 5. The molecule has 0 spiro atoms. The Kier molecular flexibility index (Phi) is 5.10. The summed E-state index contributed by atoms with van der Waals surface area (Å²) in [5, 5.41) is 4.28. The van der Waals surface area contributed by atoms with Gasteiger partial charge in [0, 0.05) is 20.2 Å². The fourth-order valence-corrected chi connectivity index (χ4v) is 3.71. The van der Waals surface area contributed by atoms with Crippen LogP contribution in [0.5, 0.6) is 0 Å². The van der Waals surface area contributed by atoms with Crippen molar-refractivity contribution in [2.75, 3.05) is 13.7 Å². The molecule has 0 radical (unpaired) electrons. The maximum Gasteiger partial charge on any atom is 0.297 e. The maximum absolute atomic E-state index is 13.5. The van der Waals surface area contributed by atoms with Crippen LogP contribution in [0.15, 0.2) is 29.3 Å². The molecular weight excluding hydrogens is 343 g/mol. The van der Waals surface area contributed by atoms with Crippen LogP contribution >= 0.6 is 11.3 Å². The average molecular weight is 362 g/mol. The lowest BCUT2D eigenvalue weighted by Crippen LogP contribution is -2.20. The lowest BCUT2D eigenvalue weighted by atomic mass is 10.3. The lowest BCUT2D eigenvalue weighted by Gasteiger charge is -2.04. The normalized spacial score (nSPS) is 12.2. The van der Waals surface area contributed by atoms with E-state index in [1.165, 1.54) is 23.5 Å². The average Bonchev–Trinajstić information content (AvgIpc) is 3.12. The highest BCUT2D eigenvalue weighted by atomic mass is 32.1. The number of aromatic nitrogens is 3. The van der Waals surface area contributed by atoms with Crippen molar-refractivity contribution in [1.29, 1.82) is 0 Å². The molecule has 0 aliphatic rings. The van der Waals surface area contributed by atoms with Crippen molar-refractivity contribution in [2.24, 2.45) is 4.99 Å². The predicted molar refractivity (Wildman–Crippen MR) is 94.2 cm³/mol. The molecule has 25 heavy (non-hydrogen) atoms. The predicted octanol–water partition coefficient (Wildman–Crippen LogP) is 2.75. The molecule has 0 fully saturated rings. The van der Waals surface area contributed by atoms with Gasteiger partial charge in [0.05, 0.1) is 22.5 Å². The number of thiazole rings is 1. The molecule has 0 aliphatic carbocycles. The summed E-state index contributed by atoms with van der Waals surface area (Å²) in [4.78, 5) is 17.4. The van der Waals surface area contributed by atoms with E-state index in [0.717, 1.165) is 15.9 Å². The molecule has 0 unspecified atom stereocenters. The van der Waals surface area contributed by atoms with Crippen LogP contribution in [-0.2, 0) is 17.8 Å². The van der Waals surface area contributed by atoms with Gasteiger partial charge in [-0.2, -0.15) is 10.1 Å². The number of benzene rings is 1. The molecule has 3 aromatic rings. The molecule has 0 bridgehead atoms. The standard InChI is InChI=1S/C17H19FN4O2S/c1-4-22-14(9-11(2)20-22)16(23)19-17-21(7-8-24-3)13-6-5-12(18)10-15(13)25-17/h5-6,9-10H,4,7-8H2,1-3H3. The van der Waals surface area contributed by atoms with E-state index < -0.39 is 0 Å². The van der Waals surface area contributed by atoms with Crippen LogP contribution in [0.2, 0.25) is 0 Å². The summed E-state index contributed by atoms with van der Waals surface area (Å²) in [6.07, 6.45) is 0. The molecule has 0 N–H and O–H groups in total. The van der Waals surface area contributed by atoms with Gasteiger partial charge in [-0.1, -0.05) is 11.3 Å². The third-order valence-electron chi connectivity index (χ3n) is 3.78. The van der Waals surface area contributed by atoms with Gasteiger partial charge >= 0.3 is 0 Å². The van der Waals surface area contributed by atoms with Crippen LogP contribution in [0.25, 0.3) is 10.2 Å². The zero-order valence-electron chi connectivity index (χ0n) is 14.3. The largest absolute Gasteiger partial charge is 0.383 e. The van der Waals surface area contributed by atoms with Crippen molar-refractivity contribution in [2.45, 2.75) is 26.9 Å². The molecule has 0 atom stereocenters. The van der Waals surface area contributed by atoms with Gasteiger partial charge in [0.25, 0.3) is 5.91 Å². The summed E-state index contributed by atoms with van der Waals surface area (Å²) < 4.78 is 22.9. The molecule has 8 heteroatoms. The Balaban J connectivity index is 2.12. The first kappa shape index (κ1) is 17.5. The Hall–Kier alpha value is -2.32. The Bertz CT molecular complexity index is 986. The van der Waals surface area contributed by atoms with E-state index in [4.69, 9.17) is 4.74 Å². The van der Waals surface area contributed by atoms with Gasteiger partial charge in [-0.05, 0) is 38.1 Å². The van der Waals surface area contributed by atoms with E-state index in [9.17, 15) is 9.18 Å². The molecule has 0 saturated heterocycles. The van der Waals surface area contributed by atoms with Crippen LogP contribution < -0.4 is 4.80 Å². The Morgan fingerprint density at radius 3 is 2.92 bits per heavy atom. The van der Waals surface area contributed by atoms with E-state index in [0.29, 0.717) is 30.2 Å². The number of methoxy groups -OCH3 is 1. The first-order valence-corrected chi connectivity index (χ1v) is 8.76. The number of nitrogens with zero attached hydrogens (tertiary/aromatic N) is 4. The summed E-state index contributed by atoms with van der Waals surface area (Å²) in [6.45, 7) is 5.34. The van der Waals surface area contributed by atoms with Crippen molar-refractivity contribution in [3.05, 3.63) is 46.3 Å². The topological polar surface area (TPSA) is 61.4 Å². The van der Waals surface area contributed by atoms with Gasteiger partial charge in [-0.25, -0.2) is 4.39 Å². The number of hydrogen-bond donors (Lipinski definition) is 0.